The molecule has 0 radical (unpaired) electrons. The van der Waals surface area contributed by atoms with Gasteiger partial charge in [-0.15, -0.1) is 0 Å². The second-order valence-electron chi connectivity index (χ2n) is 8.13. The summed E-state index contributed by atoms with van der Waals surface area (Å²) in [6, 6.07) is 8.57. The number of nitrogens with one attached hydrogen (secondary N) is 1. The van der Waals surface area contributed by atoms with E-state index in [2.05, 4.69) is 48.5 Å². The average molecular weight is 404 g/mol. The van der Waals surface area contributed by atoms with Crippen LogP contribution in [-0.4, -0.2) is 70.6 Å². The molecule has 2 aliphatic heterocycles. The first-order valence-corrected chi connectivity index (χ1v) is 11.0. The lowest BCUT2D eigenvalue weighted by molar-refractivity contribution is 0.0530. The Kier molecular flexibility index (Phi) is 8.19. The van der Waals surface area contributed by atoms with Crippen molar-refractivity contribution in [1.82, 2.24) is 10.2 Å². The number of hydrogen-bond donors (Lipinski definition) is 1. The standard InChI is InChI=1S/C23H37N3O3/c1-4-24-22(26(3)16-19-10-13-28-17-19)25-18-23(11-14-27-15-12-23)20-6-8-21(9-7-20)29-5-2/h6-9,19H,4-5,10-18H2,1-3H3,(H,24,25). The minimum Gasteiger partial charge on any atom is -0.494 e. The van der Waals surface area contributed by atoms with Crippen molar-refractivity contribution in [3.63, 3.8) is 0 Å². The number of hydrogen-bond acceptors (Lipinski definition) is 4. The lowest BCUT2D eigenvalue weighted by Crippen LogP contribution is -2.43. The van der Waals surface area contributed by atoms with Gasteiger partial charge < -0.3 is 24.4 Å². The summed E-state index contributed by atoms with van der Waals surface area (Å²) in [6.45, 7) is 10.7. The second kappa shape index (κ2) is 10.8. The van der Waals surface area contributed by atoms with E-state index in [0.29, 0.717) is 12.5 Å². The molecule has 1 atom stereocenters. The van der Waals surface area contributed by atoms with Crippen LogP contribution in [0, 0.1) is 5.92 Å². The highest BCUT2D eigenvalue weighted by molar-refractivity contribution is 5.79. The van der Waals surface area contributed by atoms with Crippen molar-refractivity contribution in [1.29, 1.82) is 0 Å². The topological polar surface area (TPSA) is 55.3 Å². The molecular weight excluding hydrogens is 366 g/mol. The minimum atomic E-state index is 0.0149. The summed E-state index contributed by atoms with van der Waals surface area (Å²) >= 11 is 0. The van der Waals surface area contributed by atoms with E-state index in [1.165, 1.54) is 5.56 Å². The van der Waals surface area contributed by atoms with Gasteiger partial charge in [0.2, 0.25) is 0 Å². The molecule has 0 amide bonds. The van der Waals surface area contributed by atoms with Crippen molar-refractivity contribution in [2.45, 2.75) is 38.5 Å². The van der Waals surface area contributed by atoms with Gasteiger partial charge in [-0.25, -0.2) is 0 Å². The Morgan fingerprint density at radius 3 is 2.55 bits per heavy atom. The zero-order chi connectivity index (χ0) is 20.5. The number of ether oxygens (including phenoxy) is 3. The molecule has 1 aromatic rings. The quantitative estimate of drug-likeness (QED) is 0.534. The maximum atomic E-state index is 5.69. The number of guanidine groups is 1. The van der Waals surface area contributed by atoms with E-state index < -0.39 is 0 Å². The lowest BCUT2D eigenvalue weighted by Gasteiger charge is -2.37. The molecule has 0 spiro atoms. The predicted molar refractivity (Wildman–Crippen MR) is 117 cm³/mol. The first kappa shape index (κ1) is 21.9. The molecule has 6 heteroatoms. The molecule has 0 aliphatic carbocycles. The van der Waals surface area contributed by atoms with Gasteiger partial charge in [-0.1, -0.05) is 12.1 Å². The van der Waals surface area contributed by atoms with Gasteiger partial charge in [0.1, 0.15) is 5.75 Å². The van der Waals surface area contributed by atoms with Crippen molar-refractivity contribution < 1.29 is 14.2 Å². The molecule has 3 rings (SSSR count). The lowest BCUT2D eigenvalue weighted by atomic mass is 9.74. The highest BCUT2D eigenvalue weighted by Crippen LogP contribution is 2.36. The van der Waals surface area contributed by atoms with Crippen molar-refractivity contribution in [3.05, 3.63) is 29.8 Å². The summed E-state index contributed by atoms with van der Waals surface area (Å²) in [4.78, 5) is 7.35. The van der Waals surface area contributed by atoms with Crippen molar-refractivity contribution in [2.75, 3.05) is 59.7 Å². The minimum absolute atomic E-state index is 0.0149. The van der Waals surface area contributed by atoms with Gasteiger partial charge in [0.05, 0.1) is 19.8 Å². The van der Waals surface area contributed by atoms with Gasteiger partial charge in [-0.05, 0) is 50.8 Å². The summed E-state index contributed by atoms with van der Waals surface area (Å²) in [6.07, 6.45) is 3.12. The third-order valence-electron chi connectivity index (χ3n) is 6.01. The van der Waals surface area contributed by atoms with E-state index in [0.717, 1.165) is 77.0 Å². The van der Waals surface area contributed by atoms with Crippen LogP contribution in [0.2, 0.25) is 0 Å². The molecule has 2 aliphatic rings. The fourth-order valence-corrected chi connectivity index (χ4v) is 4.27. The smallest absolute Gasteiger partial charge is 0.193 e. The van der Waals surface area contributed by atoms with Gasteiger partial charge in [0, 0.05) is 51.3 Å². The number of aliphatic imine (C=N–C) groups is 1. The predicted octanol–water partition coefficient (Wildman–Crippen LogP) is 3.07. The maximum absolute atomic E-state index is 5.69. The molecule has 0 aromatic heterocycles. The Bertz CT molecular complexity index is 635. The second-order valence-corrected chi connectivity index (χ2v) is 8.13. The number of rotatable bonds is 8. The van der Waals surface area contributed by atoms with Crippen LogP contribution in [0.5, 0.6) is 5.75 Å². The van der Waals surface area contributed by atoms with Crippen LogP contribution in [0.25, 0.3) is 0 Å². The summed E-state index contributed by atoms with van der Waals surface area (Å²) in [5.74, 6) is 2.50. The fraction of sp³-hybridized carbons (Fsp3) is 0.696. The molecular formula is C23H37N3O3. The van der Waals surface area contributed by atoms with E-state index in [1.807, 2.05) is 6.92 Å². The first-order chi connectivity index (χ1) is 14.2. The highest BCUT2D eigenvalue weighted by atomic mass is 16.5. The molecule has 29 heavy (non-hydrogen) atoms. The maximum Gasteiger partial charge on any atom is 0.193 e. The van der Waals surface area contributed by atoms with Gasteiger partial charge >= 0.3 is 0 Å². The first-order valence-electron chi connectivity index (χ1n) is 11.0. The number of nitrogens with zero attached hydrogens (tertiary/aromatic N) is 2. The van der Waals surface area contributed by atoms with E-state index >= 15 is 0 Å². The zero-order valence-electron chi connectivity index (χ0n) is 18.3. The fourth-order valence-electron chi connectivity index (χ4n) is 4.27. The monoisotopic (exact) mass is 403 g/mol. The van der Waals surface area contributed by atoms with Crippen LogP contribution < -0.4 is 10.1 Å². The SMILES string of the molecule is CCNC(=NCC1(c2ccc(OCC)cc2)CCOCC1)N(C)CC1CCOC1. The summed E-state index contributed by atoms with van der Waals surface area (Å²) in [7, 11) is 2.13. The number of benzene rings is 1. The van der Waals surface area contributed by atoms with Crippen LogP contribution >= 0.6 is 0 Å². The van der Waals surface area contributed by atoms with E-state index in [1.54, 1.807) is 0 Å². The van der Waals surface area contributed by atoms with Crippen molar-refractivity contribution >= 4 is 5.96 Å². The zero-order valence-corrected chi connectivity index (χ0v) is 18.3. The van der Waals surface area contributed by atoms with Crippen LogP contribution in [0.15, 0.2) is 29.3 Å². The Morgan fingerprint density at radius 2 is 1.93 bits per heavy atom. The summed E-state index contributed by atoms with van der Waals surface area (Å²) in [5, 5.41) is 3.47. The Morgan fingerprint density at radius 1 is 1.17 bits per heavy atom. The normalized spacial score (nSPS) is 21.8. The van der Waals surface area contributed by atoms with Gasteiger partial charge in [0.15, 0.2) is 5.96 Å². The van der Waals surface area contributed by atoms with E-state index in [-0.39, 0.29) is 5.41 Å². The summed E-state index contributed by atoms with van der Waals surface area (Å²) < 4.78 is 16.9. The largest absolute Gasteiger partial charge is 0.494 e. The molecule has 1 aromatic carbocycles. The highest BCUT2D eigenvalue weighted by Gasteiger charge is 2.34. The average Bonchev–Trinajstić information content (AvgIpc) is 3.25. The summed E-state index contributed by atoms with van der Waals surface area (Å²) in [5.41, 5.74) is 1.34. The van der Waals surface area contributed by atoms with Gasteiger partial charge in [-0.3, -0.25) is 4.99 Å². The Labute approximate surface area is 175 Å². The molecule has 6 nitrogen and oxygen atoms in total. The molecule has 0 saturated carbocycles. The molecule has 162 valence electrons. The molecule has 2 heterocycles. The van der Waals surface area contributed by atoms with Crippen molar-refractivity contribution in [2.24, 2.45) is 10.9 Å². The van der Waals surface area contributed by atoms with Gasteiger partial charge in [-0.2, -0.15) is 0 Å². The third-order valence-corrected chi connectivity index (χ3v) is 6.01. The molecule has 1 N–H and O–H groups in total. The molecule has 2 saturated heterocycles. The molecule has 1 unspecified atom stereocenters. The van der Waals surface area contributed by atoms with E-state index in [9.17, 15) is 0 Å². The Hall–Kier alpha value is -1.79. The van der Waals surface area contributed by atoms with E-state index in [4.69, 9.17) is 19.2 Å². The Balaban J connectivity index is 1.76. The van der Waals surface area contributed by atoms with Crippen molar-refractivity contribution in [3.8, 4) is 5.75 Å². The molecule has 0 bridgehead atoms. The van der Waals surface area contributed by atoms with Crippen LogP contribution in [0.4, 0.5) is 0 Å². The van der Waals surface area contributed by atoms with Crippen LogP contribution in [0.3, 0.4) is 0 Å². The third kappa shape index (κ3) is 5.86. The van der Waals surface area contributed by atoms with Crippen LogP contribution in [-0.2, 0) is 14.9 Å². The van der Waals surface area contributed by atoms with Crippen LogP contribution in [0.1, 0.15) is 38.7 Å². The van der Waals surface area contributed by atoms with Gasteiger partial charge in [0.25, 0.3) is 0 Å². The molecule has 2 fully saturated rings.